The minimum absolute atomic E-state index is 0.0255. The first-order valence-electron chi connectivity index (χ1n) is 7.03. The van der Waals surface area contributed by atoms with Crippen molar-refractivity contribution in [3.63, 3.8) is 0 Å². The Morgan fingerprint density at radius 2 is 2.00 bits per heavy atom. The van der Waals surface area contributed by atoms with Crippen LogP contribution in [-0.2, 0) is 9.53 Å². The Bertz CT molecular complexity index is 756. The van der Waals surface area contributed by atoms with Gasteiger partial charge in [0, 0.05) is 6.20 Å². The van der Waals surface area contributed by atoms with E-state index in [9.17, 15) is 18.4 Å². The van der Waals surface area contributed by atoms with Crippen LogP contribution in [0.25, 0.3) is 0 Å². The number of hydrogen-bond acceptors (Lipinski definition) is 5. The second kappa shape index (κ2) is 8.39. The highest BCUT2D eigenvalue weighted by Crippen LogP contribution is 2.17. The summed E-state index contributed by atoms with van der Waals surface area (Å²) in [4.78, 5) is 27.9. The fourth-order valence-electron chi connectivity index (χ4n) is 1.76. The first-order chi connectivity index (χ1) is 11.8. The van der Waals surface area contributed by atoms with Crippen LogP contribution in [-0.4, -0.2) is 29.6 Å². The van der Waals surface area contributed by atoms with E-state index in [1.54, 1.807) is 0 Å². The number of pyridine rings is 1. The minimum Gasteiger partial charge on any atom is -0.449 e. The number of nitrogens with zero attached hydrogens (tertiary/aromatic N) is 1. The number of carbonyl (C=O) groups is 2. The molecule has 1 aromatic heterocycles. The molecule has 1 unspecified atom stereocenters. The van der Waals surface area contributed by atoms with Crippen molar-refractivity contribution in [3.05, 3.63) is 53.2 Å². The average Bonchev–Trinajstić information content (AvgIpc) is 2.56. The van der Waals surface area contributed by atoms with Crippen molar-refractivity contribution in [3.8, 4) is 5.75 Å². The Labute approximate surface area is 146 Å². The van der Waals surface area contributed by atoms with E-state index in [1.807, 2.05) is 0 Å². The Hall–Kier alpha value is -2.74. The predicted octanol–water partition coefficient (Wildman–Crippen LogP) is 3.52. The van der Waals surface area contributed by atoms with E-state index in [0.717, 1.165) is 6.07 Å². The number of esters is 1. The highest BCUT2D eigenvalue weighted by Gasteiger charge is 2.20. The SMILES string of the molecule is CC(OC(=O)c1cccc(OC(F)F)c1)C(=O)Nc1ccc(Cl)cn1. The molecule has 0 spiro atoms. The number of aromatic nitrogens is 1. The molecule has 1 atom stereocenters. The molecule has 0 saturated carbocycles. The number of alkyl halides is 2. The summed E-state index contributed by atoms with van der Waals surface area (Å²) >= 11 is 5.69. The van der Waals surface area contributed by atoms with Crippen LogP contribution in [0.1, 0.15) is 17.3 Å². The quantitative estimate of drug-likeness (QED) is 0.787. The number of nitrogens with one attached hydrogen (secondary N) is 1. The second-order valence-electron chi connectivity index (χ2n) is 4.80. The van der Waals surface area contributed by atoms with Gasteiger partial charge in [0.25, 0.3) is 5.91 Å². The molecule has 2 rings (SSSR count). The van der Waals surface area contributed by atoms with Crippen LogP contribution in [0.4, 0.5) is 14.6 Å². The Morgan fingerprint density at radius 3 is 2.64 bits per heavy atom. The number of carbonyl (C=O) groups excluding carboxylic acids is 2. The molecule has 1 aromatic carbocycles. The van der Waals surface area contributed by atoms with Gasteiger partial charge >= 0.3 is 12.6 Å². The van der Waals surface area contributed by atoms with E-state index in [2.05, 4.69) is 15.0 Å². The number of hydrogen-bond donors (Lipinski definition) is 1. The third-order valence-electron chi connectivity index (χ3n) is 2.93. The van der Waals surface area contributed by atoms with E-state index >= 15 is 0 Å². The first-order valence-corrected chi connectivity index (χ1v) is 7.41. The summed E-state index contributed by atoms with van der Waals surface area (Å²) in [6, 6.07) is 8.10. The van der Waals surface area contributed by atoms with E-state index in [0.29, 0.717) is 5.02 Å². The van der Waals surface area contributed by atoms with Gasteiger partial charge in [-0.15, -0.1) is 0 Å². The lowest BCUT2D eigenvalue weighted by atomic mass is 10.2. The van der Waals surface area contributed by atoms with Gasteiger partial charge in [-0.25, -0.2) is 9.78 Å². The van der Waals surface area contributed by atoms with Crippen molar-refractivity contribution in [1.29, 1.82) is 0 Å². The molecule has 25 heavy (non-hydrogen) atoms. The van der Waals surface area contributed by atoms with Crippen molar-refractivity contribution in [2.45, 2.75) is 19.6 Å². The number of benzene rings is 1. The summed E-state index contributed by atoms with van der Waals surface area (Å²) in [6.45, 7) is -1.65. The van der Waals surface area contributed by atoms with Gasteiger partial charge < -0.3 is 14.8 Å². The Balaban J connectivity index is 1.97. The van der Waals surface area contributed by atoms with Gasteiger partial charge in [-0.05, 0) is 37.3 Å². The van der Waals surface area contributed by atoms with E-state index in [4.69, 9.17) is 16.3 Å². The smallest absolute Gasteiger partial charge is 0.387 e. The fourth-order valence-corrected chi connectivity index (χ4v) is 1.87. The van der Waals surface area contributed by atoms with Gasteiger partial charge in [0.1, 0.15) is 11.6 Å². The van der Waals surface area contributed by atoms with Crippen molar-refractivity contribution >= 4 is 29.3 Å². The van der Waals surface area contributed by atoms with Crippen LogP contribution in [0.3, 0.4) is 0 Å². The number of anilines is 1. The lowest BCUT2D eigenvalue weighted by molar-refractivity contribution is -0.123. The predicted molar refractivity (Wildman–Crippen MR) is 85.8 cm³/mol. The molecule has 0 bridgehead atoms. The number of ether oxygens (including phenoxy) is 2. The molecule has 6 nitrogen and oxygen atoms in total. The van der Waals surface area contributed by atoms with Crippen molar-refractivity contribution in [1.82, 2.24) is 4.98 Å². The lowest BCUT2D eigenvalue weighted by Gasteiger charge is -2.13. The topological polar surface area (TPSA) is 77.5 Å². The number of amides is 1. The van der Waals surface area contributed by atoms with Gasteiger partial charge in [0.15, 0.2) is 6.10 Å². The number of halogens is 3. The third-order valence-corrected chi connectivity index (χ3v) is 3.15. The summed E-state index contributed by atoms with van der Waals surface area (Å²) in [6.07, 6.45) is 0.215. The molecule has 1 heterocycles. The lowest BCUT2D eigenvalue weighted by Crippen LogP contribution is -2.30. The summed E-state index contributed by atoms with van der Waals surface area (Å²) in [7, 11) is 0. The second-order valence-corrected chi connectivity index (χ2v) is 5.24. The summed E-state index contributed by atoms with van der Waals surface area (Å²) in [5.41, 5.74) is -0.0255. The van der Waals surface area contributed by atoms with Gasteiger partial charge in [0.05, 0.1) is 10.6 Å². The zero-order valence-electron chi connectivity index (χ0n) is 12.9. The molecule has 2 aromatic rings. The minimum atomic E-state index is -3.01. The van der Waals surface area contributed by atoms with Crippen LogP contribution in [0.5, 0.6) is 5.75 Å². The molecule has 0 radical (unpaired) electrons. The molecule has 0 aliphatic carbocycles. The van der Waals surface area contributed by atoms with E-state index in [1.165, 1.54) is 43.5 Å². The van der Waals surface area contributed by atoms with Crippen LogP contribution < -0.4 is 10.1 Å². The van der Waals surface area contributed by atoms with Crippen LogP contribution in [0, 0.1) is 0 Å². The molecule has 0 aliphatic heterocycles. The zero-order chi connectivity index (χ0) is 18.4. The first kappa shape index (κ1) is 18.6. The maximum atomic E-state index is 12.2. The van der Waals surface area contributed by atoms with Crippen molar-refractivity contribution in [2.24, 2.45) is 0 Å². The fraction of sp³-hybridized carbons (Fsp3) is 0.188. The highest BCUT2D eigenvalue weighted by molar-refractivity contribution is 6.30. The number of rotatable bonds is 6. The van der Waals surface area contributed by atoms with E-state index < -0.39 is 24.6 Å². The van der Waals surface area contributed by atoms with Crippen molar-refractivity contribution in [2.75, 3.05) is 5.32 Å². The molecular formula is C16H13ClF2N2O4. The van der Waals surface area contributed by atoms with Gasteiger partial charge in [-0.2, -0.15) is 8.78 Å². The third kappa shape index (κ3) is 5.68. The van der Waals surface area contributed by atoms with Gasteiger partial charge in [0.2, 0.25) is 0 Å². The maximum absolute atomic E-state index is 12.2. The van der Waals surface area contributed by atoms with Gasteiger partial charge in [-0.3, -0.25) is 4.79 Å². The standard InChI is InChI=1S/C16H13ClF2N2O4/c1-9(14(22)21-13-6-5-11(17)8-20-13)24-15(23)10-3-2-4-12(7-10)25-16(18)19/h2-9,16H,1H3,(H,20,21,22). The molecule has 132 valence electrons. The summed E-state index contributed by atoms with van der Waals surface area (Å²) in [5.74, 6) is -1.41. The van der Waals surface area contributed by atoms with Crippen LogP contribution in [0.15, 0.2) is 42.6 Å². The Morgan fingerprint density at radius 1 is 1.24 bits per heavy atom. The van der Waals surface area contributed by atoms with Crippen LogP contribution in [0.2, 0.25) is 5.02 Å². The molecule has 0 saturated heterocycles. The molecular weight excluding hydrogens is 358 g/mol. The zero-order valence-corrected chi connectivity index (χ0v) is 13.7. The van der Waals surface area contributed by atoms with E-state index in [-0.39, 0.29) is 17.1 Å². The molecule has 9 heteroatoms. The molecule has 1 amide bonds. The molecule has 0 aliphatic rings. The monoisotopic (exact) mass is 370 g/mol. The average molecular weight is 371 g/mol. The normalized spacial score (nSPS) is 11.7. The molecule has 1 N–H and O–H groups in total. The Kier molecular flexibility index (Phi) is 6.24. The summed E-state index contributed by atoms with van der Waals surface area (Å²) < 4.78 is 33.6. The molecule has 0 fully saturated rings. The highest BCUT2D eigenvalue weighted by atomic mass is 35.5. The largest absolute Gasteiger partial charge is 0.449 e. The summed E-state index contributed by atoms with van der Waals surface area (Å²) in [5, 5.41) is 2.86. The maximum Gasteiger partial charge on any atom is 0.387 e. The van der Waals surface area contributed by atoms with Crippen LogP contribution >= 0.6 is 11.6 Å². The van der Waals surface area contributed by atoms with Crippen molar-refractivity contribution < 1.29 is 27.8 Å². The van der Waals surface area contributed by atoms with Gasteiger partial charge in [-0.1, -0.05) is 17.7 Å².